The Bertz CT molecular complexity index is 399. The van der Waals surface area contributed by atoms with E-state index in [0.717, 1.165) is 64.4 Å². The SMILES string of the molecule is COCC1(CCCCCC(O)CCCCCC2(CC(=O)O)CC2)CC1. The van der Waals surface area contributed by atoms with Crippen LogP contribution < -0.4 is 0 Å². The van der Waals surface area contributed by atoms with Gasteiger partial charge < -0.3 is 14.9 Å². The summed E-state index contributed by atoms with van der Waals surface area (Å²) < 4.78 is 5.30. The summed E-state index contributed by atoms with van der Waals surface area (Å²) in [7, 11) is 1.80. The highest BCUT2D eigenvalue weighted by atomic mass is 16.5. The molecule has 0 saturated heterocycles. The number of methoxy groups -OCH3 is 1. The van der Waals surface area contributed by atoms with Gasteiger partial charge >= 0.3 is 5.97 Å². The fourth-order valence-electron chi connectivity index (χ4n) is 4.22. The van der Waals surface area contributed by atoms with Crippen molar-refractivity contribution in [3.05, 3.63) is 0 Å². The number of carbonyl (C=O) groups is 1. The number of rotatable bonds is 16. The topological polar surface area (TPSA) is 66.8 Å². The molecule has 0 aromatic carbocycles. The van der Waals surface area contributed by atoms with Crippen LogP contribution in [0, 0.1) is 10.8 Å². The first-order valence-electron chi connectivity index (χ1n) is 10.4. The molecule has 2 fully saturated rings. The highest BCUT2D eigenvalue weighted by Crippen LogP contribution is 2.53. The molecule has 4 nitrogen and oxygen atoms in total. The molecule has 0 spiro atoms. The molecule has 0 bridgehead atoms. The van der Waals surface area contributed by atoms with E-state index in [2.05, 4.69) is 0 Å². The summed E-state index contributed by atoms with van der Waals surface area (Å²) in [6.07, 6.45) is 16.1. The Labute approximate surface area is 153 Å². The Morgan fingerprint density at radius 2 is 1.44 bits per heavy atom. The first-order chi connectivity index (χ1) is 12.0. The van der Waals surface area contributed by atoms with Crippen molar-refractivity contribution in [1.82, 2.24) is 0 Å². The molecule has 0 aromatic rings. The minimum Gasteiger partial charge on any atom is -0.481 e. The Morgan fingerprint density at radius 3 is 1.88 bits per heavy atom. The molecule has 146 valence electrons. The molecular formula is C21H38O4. The third-order valence-corrected chi connectivity index (χ3v) is 6.38. The molecule has 4 heteroatoms. The van der Waals surface area contributed by atoms with Crippen molar-refractivity contribution in [2.24, 2.45) is 10.8 Å². The highest BCUT2D eigenvalue weighted by Gasteiger charge is 2.43. The average molecular weight is 355 g/mol. The second kappa shape index (κ2) is 9.91. The van der Waals surface area contributed by atoms with Gasteiger partial charge in [-0.2, -0.15) is 0 Å². The van der Waals surface area contributed by atoms with Crippen molar-refractivity contribution in [3.63, 3.8) is 0 Å². The van der Waals surface area contributed by atoms with E-state index < -0.39 is 5.97 Å². The summed E-state index contributed by atoms with van der Waals surface area (Å²) in [5, 5.41) is 19.0. The van der Waals surface area contributed by atoms with E-state index in [1.165, 1.54) is 32.1 Å². The minimum absolute atomic E-state index is 0.131. The first-order valence-corrected chi connectivity index (χ1v) is 10.4. The van der Waals surface area contributed by atoms with Crippen molar-refractivity contribution in [3.8, 4) is 0 Å². The largest absolute Gasteiger partial charge is 0.481 e. The maximum atomic E-state index is 10.8. The molecule has 2 aliphatic rings. The molecule has 0 aliphatic heterocycles. The second-order valence-electron chi connectivity index (χ2n) is 8.86. The van der Waals surface area contributed by atoms with Crippen LogP contribution >= 0.6 is 0 Å². The van der Waals surface area contributed by atoms with E-state index in [4.69, 9.17) is 9.84 Å². The third-order valence-electron chi connectivity index (χ3n) is 6.38. The van der Waals surface area contributed by atoms with Crippen LogP contribution in [0.5, 0.6) is 0 Å². The van der Waals surface area contributed by atoms with Gasteiger partial charge in [0.1, 0.15) is 0 Å². The van der Waals surface area contributed by atoms with E-state index in [1.807, 2.05) is 0 Å². The number of carboxylic acid groups (broad SMARTS) is 1. The molecule has 0 heterocycles. The number of aliphatic hydroxyl groups excluding tert-OH is 1. The lowest BCUT2D eigenvalue weighted by Gasteiger charge is -2.14. The van der Waals surface area contributed by atoms with Crippen LogP contribution in [0.25, 0.3) is 0 Å². The lowest BCUT2D eigenvalue weighted by Crippen LogP contribution is -2.09. The number of aliphatic hydroxyl groups is 1. The molecule has 2 N–H and O–H groups in total. The zero-order valence-electron chi connectivity index (χ0n) is 16.1. The maximum Gasteiger partial charge on any atom is 0.303 e. The van der Waals surface area contributed by atoms with E-state index in [0.29, 0.717) is 11.8 Å². The summed E-state index contributed by atoms with van der Waals surface area (Å²) in [6.45, 7) is 0.920. The normalized spacial score (nSPS) is 21.0. The fourth-order valence-corrected chi connectivity index (χ4v) is 4.22. The van der Waals surface area contributed by atoms with Crippen LogP contribution in [0.1, 0.15) is 96.3 Å². The molecule has 25 heavy (non-hydrogen) atoms. The number of hydrogen-bond donors (Lipinski definition) is 2. The zero-order valence-corrected chi connectivity index (χ0v) is 16.1. The Hall–Kier alpha value is -0.610. The summed E-state index contributed by atoms with van der Waals surface area (Å²) in [5.41, 5.74) is 0.638. The van der Waals surface area contributed by atoms with Gasteiger partial charge in [-0.05, 0) is 62.2 Å². The van der Waals surface area contributed by atoms with E-state index in [9.17, 15) is 9.90 Å². The van der Waals surface area contributed by atoms with Crippen molar-refractivity contribution in [1.29, 1.82) is 0 Å². The van der Waals surface area contributed by atoms with Gasteiger partial charge in [-0.15, -0.1) is 0 Å². The predicted octanol–water partition coefficient (Wildman–Crippen LogP) is 4.93. The monoisotopic (exact) mass is 354 g/mol. The van der Waals surface area contributed by atoms with Gasteiger partial charge in [0.05, 0.1) is 19.1 Å². The smallest absolute Gasteiger partial charge is 0.303 e. The fraction of sp³-hybridized carbons (Fsp3) is 0.952. The summed E-state index contributed by atoms with van der Waals surface area (Å²) in [5.74, 6) is -0.650. The van der Waals surface area contributed by atoms with Crippen molar-refractivity contribution in [2.75, 3.05) is 13.7 Å². The molecular weight excluding hydrogens is 316 g/mol. The molecule has 1 unspecified atom stereocenters. The van der Waals surface area contributed by atoms with Crippen molar-refractivity contribution >= 4 is 5.97 Å². The van der Waals surface area contributed by atoms with Gasteiger partial charge in [0.15, 0.2) is 0 Å². The highest BCUT2D eigenvalue weighted by molar-refractivity contribution is 5.68. The van der Waals surface area contributed by atoms with Crippen LogP contribution in [-0.4, -0.2) is 36.0 Å². The molecule has 2 saturated carbocycles. The molecule has 2 rings (SSSR count). The van der Waals surface area contributed by atoms with E-state index >= 15 is 0 Å². The van der Waals surface area contributed by atoms with Crippen LogP contribution in [0.3, 0.4) is 0 Å². The molecule has 1 atom stereocenters. The van der Waals surface area contributed by atoms with Crippen LogP contribution in [0.4, 0.5) is 0 Å². The Morgan fingerprint density at radius 1 is 0.920 bits per heavy atom. The molecule has 0 aromatic heterocycles. The first kappa shape index (κ1) is 20.7. The van der Waals surface area contributed by atoms with Gasteiger partial charge in [0.25, 0.3) is 0 Å². The number of ether oxygens (including phenoxy) is 1. The summed E-state index contributed by atoms with van der Waals surface area (Å²) in [6, 6.07) is 0. The van der Waals surface area contributed by atoms with Gasteiger partial charge in [-0.25, -0.2) is 0 Å². The van der Waals surface area contributed by atoms with Crippen LogP contribution in [0.15, 0.2) is 0 Å². The third kappa shape index (κ3) is 8.08. The van der Waals surface area contributed by atoms with Gasteiger partial charge in [-0.1, -0.05) is 38.5 Å². The number of aliphatic carboxylic acids is 1. The van der Waals surface area contributed by atoms with E-state index in [1.54, 1.807) is 7.11 Å². The standard InChI is InChI=1S/C21H38O4/c1-25-17-21(14-15-21)11-7-3-5-9-18(22)8-4-2-6-10-20(12-13-20)16-19(23)24/h18,22H,2-17H2,1H3,(H,23,24). The maximum absolute atomic E-state index is 10.8. The van der Waals surface area contributed by atoms with Gasteiger partial charge in [0.2, 0.25) is 0 Å². The second-order valence-corrected chi connectivity index (χ2v) is 8.86. The van der Waals surface area contributed by atoms with Gasteiger partial charge in [0, 0.05) is 7.11 Å². The minimum atomic E-state index is -0.650. The quantitative estimate of drug-likeness (QED) is 0.386. The number of hydrogen-bond acceptors (Lipinski definition) is 3. The Kier molecular flexibility index (Phi) is 8.21. The van der Waals surface area contributed by atoms with E-state index in [-0.39, 0.29) is 11.5 Å². The predicted molar refractivity (Wildman–Crippen MR) is 99.6 cm³/mol. The summed E-state index contributed by atoms with van der Waals surface area (Å²) >= 11 is 0. The van der Waals surface area contributed by atoms with Crippen molar-refractivity contribution in [2.45, 2.75) is 102 Å². The van der Waals surface area contributed by atoms with Crippen LogP contribution in [-0.2, 0) is 9.53 Å². The average Bonchev–Trinajstić information content (AvgIpc) is 3.46. The Balaban J connectivity index is 1.39. The zero-order chi connectivity index (χ0) is 18.2. The lowest BCUT2D eigenvalue weighted by atomic mass is 9.94. The van der Waals surface area contributed by atoms with Crippen LogP contribution in [0.2, 0.25) is 0 Å². The number of unbranched alkanes of at least 4 members (excludes halogenated alkanes) is 4. The summed E-state index contributed by atoms with van der Waals surface area (Å²) in [4.78, 5) is 10.8. The number of carboxylic acids is 1. The van der Waals surface area contributed by atoms with Crippen molar-refractivity contribution < 1.29 is 19.7 Å². The van der Waals surface area contributed by atoms with Gasteiger partial charge in [-0.3, -0.25) is 4.79 Å². The molecule has 2 aliphatic carbocycles. The molecule has 0 amide bonds. The lowest BCUT2D eigenvalue weighted by molar-refractivity contribution is -0.138. The molecule has 0 radical (unpaired) electrons.